The average Bonchev–Trinajstić information content (AvgIpc) is 2.39. The summed E-state index contributed by atoms with van der Waals surface area (Å²) >= 11 is 0. The van der Waals surface area contributed by atoms with Gasteiger partial charge in [-0.05, 0) is 0 Å². The Labute approximate surface area is 118 Å². The average molecular weight is 284 g/mol. The fourth-order valence-corrected chi connectivity index (χ4v) is 1.46. The first kappa shape index (κ1) is 18.1. The molecule has 0 radical (unpaired) electrons. The fourth-order valence-electron chi connectivity index (χ4n) is 1.46. The standard InChI is InChI=1S/C14H20O6/c1-3-7-19-9-5-11(13(15)16)12(14(17)18)6-10-20-8-4-2/h3-4H,1-2,5-10H2,(H,15,16)(H,17,18)/b12-11-. The molecule has 0 heterocycles. The van der Waals surface area contributed by atoms with Crippen molar-refractivity contribution >= 4 is 11.9 Å². The Balaban J connectivity index is 4.75. The van der Waals surface area contributed by atoms with E-state index in [-0.39, 0.29) is 50.4 Å². The van der Waals surface area contributed by atoms with E-state index in [9.17, 15) is 9.59 Å². The first-order chi connectivity index (χ1) is 9.54. The van der Waals surface area contributed by atoms with Crippen molar-refractivity contribution in [3.05, 3.63) is 36.5 Å². The van der Waals surface area contributed by atoms with E-state index >= 15 is 0 Å². The Bertz CT molecular complexity index is 347. The molecular formula is C14H20O6. The minimum atomic E-state index is -1.26. The molecular weight excluding hydrogens is 264 g/mol. The van der Waals surface area contributed by atoms with E-state index in [2.05, 4.69) is 13.2 Å². The second kappa shape index (κ2) is 11.0. The minimum absolute atomic E-state index is 0.0201. The molecule has 112 valence electrons. The molecule has 0 saturated carbocycles. The maximum atomic E-state index is 11.1. The van der Waals surface area contributed by atoms with Crippen LogP contribution in [0.15, 0.2) is 36.5 Å². The molecule has 0 aliphatic rings. The number of rotatable bonds is 12. The van der Waals surface area contributed by atoms with Crippen LogP contribution in [0.3, 0.4) is 0 Å². The van der Waals surface area contributed by atoms with Gasteiger partial charge in [0.1, 0.15) is 0 Å². The van der Waals surface area contributed by atoms with Crippen LogP contribution < -0.4 is 0 Å². The van der Waals surface area contributed by atoms with Gasteiger partial charge in [-0.15, -0.1) is 13.2 Å². The van der Waals surface area contributed by atoms with Gasteiger partial charge < -0.3 is 19.7 Å². The summed E-state index contributed by atoms with van der Waals surface area (Å²) in [5.41, 5.74) is -0.326. The van der Waals surface area contributed by atoms with Crippen molar-refractivity contribution in [3.8, 4) is 0 Å². The molecule has 0 aromatic heterocycles. The third-order valence-corrected chi connectivity index (χ3v) is 2.34. The lowest BCUT2D eigenvalue weighted by molar-refractivity contribution is -0.136. The highest BCUT2D eigenvalue weighted by Crippen LogP contribution is 2.14. The molecule has 0 aromatic carbocycles. The van der Waals surface area contributed by atoms with Gasteiger partial charge in [-0.25, -0.2) is 9.59 Å². The van der Waals surface area contributed by atoms with Crippen LogP contribution >= 0.6 is 0 Å². The molecule has 0 aliphatic heterocycles. The van der Waals surface area contributed by atoms with Gasteiger partial charge in [0.05, 0.1) is 26.4 Å². The summed E-state index contributed by atoms with van der Waals surface area (Å²) in [5.74, 6) is -2.51. The van der Waals surface area contributed by atoms with Crippen LogP contribution in [0.2, 0.25) is 0 Å². The Morgan fingerprint density at radius 2 is 1.20 bits per heavy atom. The summed E-state index contributed by atoms with van der Waals surface area (Å²) in [6.45, 7) is 7.75. The lowest BCUT2D eigenvalue weighted by Crippen LogP contribution is -2.15. The zero-order valence-electron chi connectivity index (χ0n) is 11.3. The van der Waals surface area contributed by atoms with Gasteiger partial charge in [0.2, 0.25) is 0 Å². The van der Waals surface area contributed by atoms with Crippen LogP contribution in [0.5, 0.6) is 0 Å². The zero-order chi connectivity index (χ0) is 15.4. The summed E-state index contributed by atoms with van der Waals surface area (Å²) in [6, 6.07) is 0. The largest absolute Gasteiger partial charge is 0.478 e. The van der Waals surface area contributed by atoms with Crippen molar-refractivity contribution in [3.63, 3.8) is 0 Å². The van der Waals surface area contributed by atoms with Gasteiger partial charge in [0, 0.05) is 24.0 Å². The molecule has 0 aromatic rings. The van der Waals surface area contributed by atoms with Crippen molar-refractivity contribution in [1.82, 2.24) is 0 Å². The van der Waals surface area contributed by atoms with Crippen LogP contribution in [0.1, 0.15) is 12.8 Å². The molecule has 2 N–H and O–H groups in total. The normalized spacial score (nSPS) is 11.6. The van der Waals surface area contributed by atoms with Crippen LogP contribution in [-0.4, -0.2) is 48.6 Å². The molecule has 0 rings (SSSR count). The number of hydrogen-bond acceptors (Lipinski definition) is 4. The van der Waals surface area contributed by atoms with Gasteiger partial charge in [0.15, 0.2) is 0 Å². The van der Waals surface area contributed by atoms with E-state index < -0.39 is 11.9 Å². The number of ether oxygens (including phenoxy) is 2. The van der Waals surface area contributed by atoms with Crippen molar-refractivity contribution < 1.29 is 29.3 Å². The van der Waals surface area contributed by atoms with Crippen molar-refractivity contribution in [2.24, 2.45) is 0 Å². The minimum Gasteiger partial charge on any atom is -0.478 e. The zero-order valence-corrected chi connectivity index (χ0v) is 11.3. The first-order valence-electron chi connectivity index (χ1n) is 6.10. The molecule has 20 heavy (non-hydrogen) atoms. The van der Waals surface area contributed by atoms with E-state index in [0.29, 0.717) is 0 Å². The molecule has 6 heteroatoms. The predicted molar refractivity (Wildman–Crippen MR) is 73.6 cm³/mol. The molecule has 6 nitrogen and oxygen atoms in total. The third-order valence-electron chi connectivity index (χ3n) is 2.34. The highest BCUT2D eigenvalue weighted by molar-refractivity contribution is 5.98. The van der Waals surface area contributed by atoms with Crippen LogP contribution in [0.25, 0.3) is 0 Å². The fraction of sp³-hybridized carbons (Fsp3) is 0.429. The van der Waals surface area contributed by atoms with Crippen molar-refractivity contribution in [2.75, 3.05) is 26.4 Å². The Hall–Kier alpha value is -1.92. The van der Waals surface area contributed by atoms with Gasteiger partial charge in [-0.1, -0.05) is 12.2 Å². The number of hydrogen-bond donors (Lipinski definition) is 2. The number of carboxylic acid groups (broad SMARTS) is 2. The second-order valence-corrected chi connectivity index (χ2v) is 3.79. The molecule has 0 bridgehead atoms. The highest BCUT2D eigenvalue weighted by atomic mass is 16.5. The van der Waals surface area contributed by atoms with E-state index in [1.54, 1.807) is 0 Å². The second-order valence-electron chi connectivity index (χ2n) is 3.79. The van der Waals surface area contributed by atoms with E-state index in [0.717, 1.165) is 0 Å². The van der Waals surface area contributed by atoms with E-state index in [1.807, 2.05) is 0 Å². The van der Waals surface area contributed by atoms with Gasteiger partial charge in [0.25, 0.3) is 0 Å². The summed E-state index contributed by atoms with van der Waals surface area (Å²) < 4.78 is 10.2. The summed E-state index contributed by atoms with van der Waals surface area (Å²) in [7, 11) is 0. The lowest BCUT2D eigenvalue weighted by atomic mass is 10.0. The maximum Gasteiger partial charge on any atom is 0.332 e. The topological polar surface area (TPSA) is 93.1 Å². The Morgan fingerprint density at radius 3 is 1.45 bits per heavy atom. The number of aliphatic carboxylic acids is 2. The molecule has 0 unspecified atom stereocenters. The summed E-state index contributed by atoms with van der Waals surface area (Å²) in [4.78, 5) is 22.3. The molecule has 0 aliphatic carbocycles. The third kappa shape index (κ3) is 7.50. The quantitative estimate of drug-likeness (QED) is 0.321. The Kier molecular flexibility index (Phi) is 9.90. The highest BCUT2D eigenvalue weighted by Gasteiger charge is 2.19. The van der Waals surface area contributed by atoms with Crippen LogP contribution in [0.4, 0.5) is 0 Å². The van der Waals surface area contributed by atoms with Gasteiger partial charge in [-0.3, -0.25) is 0 Å². The smallest absolute Gasteiger partial charge is 0.332 e. The molecule has 0 amide bonds. The first-order valence-corrected chi connectivity index (χ1v) is 6.10. The molecule has 0 saturated heterocycles. The maximum absolute atomic E-state index is 11.1. The lowest BCUT2D eigenvalue weighted by Gasteiger charge is -2.09. The number of carbonyl (C=O) groups is 2. The monoisotopic (exact) mass is 284 g/mol. The van der Waals surface area contributed by atoms with Gasteiger partial charge >= 0.3 is 11.9 Å². The predicted octanol–water partition coefficient (Wildman–Crippen LogP) is 1.64. The summed E-state index contributed by atoms with van der Waals surface area (Å²) in [5, 5.41) is 18.2. The molecule has 0 spiro atoms. The Morgan fingerprint density at radius 1 is 0.850 bits per heavy atom. The molecule has 0 fully saturated rings. The van der Waals surface area contributed by atoms with Crippen molar-refractivity contribution in [1.29, 1.82) is 0 Å². The van der Waals surface area contributed by atoms with Crippen LogP contribution in [0, 0.1) is 0 Å². The van der Waals surface area contributed by atoms with Gasteiger partial charge in [-0.2, -0.15) is 0 Å². The summed E-state index contributed by atoms with van der Waals surface area (Å²) in [6.07, 6.45) is 3.11. The van der Waals surface area contributed by atoms with E-state index in [1.165, 1.54) is 12.2 Å². The van der Waals surface area contributed by atoms with Crippen molar-refractivity contribution in [2.45, 2.75) is 12.8 Å². The van der Waals surface area contributed by atoms with Crippen LogP contribution in [-0.2, 0) is 19.1 Å². The van der Waals surface area contributed by atoms with E-state index in [4.69, 9.17) is 19.7 Å². The molecule has 0 atom stereocenters. The SMILES string of the molecule is C=CCOCC/C(C(=O)O)=C(\CCOCC=C)C(=O)O. The number of carboxylic acids is 2.